The van der Waals surface area contributed by atoms with Gasteiger partial charge in [-0.2, -0.15) is 0 Å². The molecule has 1 fully saturated rings. The monoisotopic (exact) mass is 256 g/mol. The highest BCUT2D eigenvalue weighted by atomic mass is 16.4. The van der Waals surface area contributed by atoms with Crippen LogP contribution in [0.4, 0.5) is 0 Å². The van der Waals surface area contributed by atoms with Crippen molar-refractivity contribution in [2.45, 2.75) is 39.2 Å². The molecular weight excluding hydrogens is 232 g/mol. The van der Waals surface area contributed by atoms with Gasteiger partial charge in [-0.15, -0.1) is 0 Å². The molecule has 0 aromatic carbocycles. The molecule has 0 bridgehead atoms. The summed E-state index contributed by atoms with van der Waals surface area (Å²) >= 11 is 0. The van der Waals surface area contributed by atoms with Gasteiger partial charge >= 0.3 is 0 Å². The number of carbonyl (C=O) groups excluding carboxylic acids is 1. The first-order valence-corrected chi connectivity index (χ1v) is 6.63. The molecule has 2 atom stereocenters. The van der Waals surface area contributed by atoms with E-state index in [-0.39, 0.29) is 11.7 Å². The van der Waals surface area contributed by atoms with Crippen molar-refractivity contribution in [1.82, 2.24) is 10.2 Å². The van der Waals surface area contributed by atoms with Crippen molar-refractivity contribution in [2.24, 2.45) is 16.8 Å². The van der Waals surface area contributed by atoms with Gasteiger partial charge < -0.3 is 16.3 Å². The van der Waals surface area contributed by atoms with Gasteiger partial charge in [0.2, 0.25) is 5.91 Å². The minimum absolute atomic E-state index is 0.0197. The number of amides is 1. The van der Waals surface area contributed by atoms with E-state index in [2.05, 4.69) is 22.3 Å². The molecule has 0 aromatic rings. The van der Waals surface area contributed by atoms with Crippen molar-refractivity contribution in [1.29, 1.82) is 0 Å². The van der Waals surface area contributed by atoms with E-state index in [1.807, 2.05) is 6.92 Å². The molecule has 6 heteroatoms. The Bertz CT molecular complexity index is 306. The Hall–Kier alpha value is -1.30. The van der Waals surface area contributed by atoms with Crippen LogP contribution in [-0.4, -0.2) is 47.5 Å². The zero-order valence-electron chi connectivity index (χ0n) is 11.2. The number of carbonyl (C=O) groups is 1. The lowest BCUT2D eigenvalue weighted by Gasteiger charge is -2.23. The third kappa shape index (κ3) is 3.60. The van der Waals surface area contributed by atoms with Gasteiger partial charge in [0.25, 0.3) is 0 Å². The van der Waals surface area contributed by atoms with Gasteiger partial charge in [-0.05, 0) is 32.4 Å². The summed E-state index contributed by atoms with van der Waals surface area (Å²) in [5.41, 5.74) is 5.49. The Kier molecular flexibility index (Phi) is 5.91. The molecule has 6 nitrogen and oxygen atoms in total. The van der Waals surface area contributed by atoms with E-state index in [4.69, 9.17) is 10.9 Å². The molecule has 1 rings (SSSR count). The van der Waals surface area contributed by atoms with Crippen molar-refractivity contribution in [3.8, 4) is 0 Å². The van der Waals surface area contributed by atoms with Crippen LogP contribution in [0.3, 0.4) is 0 Å². The maximum Gasteiger partial charge on any atom is 0.230 e. The van der Waals surface area contributed by atoms with Crippen LogP contribution in [0.5, 0.6) is 0 Å². The van der Waals surface area contributed by atoms with E-state index in [0.717, 1.165) is 19.5 Å². The lowest BCUT2D eigenvalue weighted by molar-refractivity contribution is -0.123. The second kappa shape index (κ2) is 7.20. The second-order valence-corrected chi connectivity index (χ2v) is 4.66. The van der Waals surface area contributed by atoms with Crippen LogP contribution in [0.1, 0.15) is 33.1 Å². The minimum atomic E-state index is -0.536. The highest BCUT2D eigenvalue weighted by molar-refractivity contribution is 6.01. The number of nitrogens with one attached hydrogen (secondary N) is 1. The third-order valence-corrected chi connectivity index (χ3v) is 3.61. The zero-order chi connectivity index (χ0) is 13.5. The Morgan fingerprint density at radius 3 is 2.89 bits per heavy atom. The summed E-state index contributed by atoms with van der Waals surface area (Å²) in [5.74, 6) is -0.712. The first kappa shape index (κ1) is 14.8. The SMILES string of the molecule is CCC(C(=O)NCC1CCCN1CC)/C(N)=N/O. The highest BCUT2D eigenvalue weighted by Crippen LogP contribution is 2.15. The Labute approximate surface area is 108 Å². The molecule has 0 aliphatic carbocycles. The number of nitrogens with two attached hydrogens (primary N) is 1. The molecule has 4 N–H and O–H groups in total. The number of likely N-dealkylation sites (tertiary alicyclic amines) is 1. The first-order valence-electron chi connectivity index (χ1n) is 6.63. The summed E-state index contributed by atoms with van der Waals surface area (Å²) in [5, 5.41) is 14.4. The Morgan fingerprint density at radius 1 is 1.61 bits per heavy atom. The van der Waals surface area contributed by atoms with Gasteiger partial charge in [0, 0.05) is 12.6 Å². The molecular formula is C12H24N4O2. The number of likely N-dealkylation sites (N-methyl/N-ethyl adjacent to an activating group) is 1. The predicted octanol–water partition coefficient (Wildman–Crippen LogP) is 0.360. The van der Waals surface area contributed by atoms with E-state index >= 15 is 0 Å². The van der Waals surface area contributed by atoms with Gasteiger partial charge in [0.1, 0.15) is 0 Å². The average Bonchev–Trinajstić information content (AvgIpc) is 2.84. The molecule has 2 unspecified atom stereocenters. The van der Waals surface area contributed by atoms with E-state index in [9.17, 15) is 4.79 Å². The molecule has 0 saturated carbocycles. The van der Waals surface area contributed by atoms with Gasteiger partial charge in [-0.3, -0.25) is 9.69 Å². The summed E-state index contributed by atoms with van der Waals surface area (Å²) in [6.07, 6.45) is 2.84. The van der Waals surface area contributed by atoms with Crippen LogP contribution in [0.2, 0.25) is 0 Å². The smallest absolute Gasteiger partial charge is 0.230 e. The molecule has 0 spiro atoms. The summed E-state index contributed by atoms with van der Waals surface area (Å²) in [7, 11) is 0. The fraction of sp³-hybridized carbons (Fsp3) is 0.833. The normalized spacial score (nSPS) is 23.0. The van der Waals surface area contributed by atoms with E-state index in [1.54, 1.807) is 0 Å². The van der Waals surface area contributed by atoms with Crippen molar-refractivity contribution in [2.75, 3.05) is 19.6 Å². The van der Waals surface area contributed by atoms with E-state index in [1.165, 1.54) is 6.42 Å². The first-order chi connectivity index (χ1) is 8.63. The van der Waals surface area contributed by atoms with E-state index < -0.39 is 5.92 Å². The molecule has 0 aromatic heterocycles. The van der Waals surface area contributed by atoms with Crippen LogP contribution >= 0.6 is 0 Å². The fourth-order valence-electron chi connectivity index (χ4n) is 2.48. The number of oxime groups is 1. The van der Waals surface area contributed by atoms with Crippen LogP contribution in [0.25, 0.3) is 0 Å². The van der Waals surface area contributed by atoms with Crippen LogP contribution in [-0.2, 0) is 4.79 Å². The molecule has 1 aliphatic rings. The second-order valence-electron chi connectivity index (χ2n) is 4.66. The summed E-state index contributed by atoms with van der Waals surface area (Å²) in [4.78, 5) is 14.3. The summed E-state index contributed by atoms with van der Waals surface area (Å²) < 4.78 is 0. The standard InChI is InChI=1S/C12H24N4O2/c1-3-10(11(13)15-18)12(17)14-8-9-6-5-7-16(9)4-2/h9-10,18H,3-8H2,1-2H3,(H2,13,15)(H,14,17). The zero-order valence-corrected chi connectivity index (χ0v) is 11.2. The molecule has 0 radical (unpaired) electrons. The summed E-state index contributed by atoms with van der Waals surface area (Å²) in [6, 6.07) is 0.420. The molecule has 1 aliphatic heterocycles. The van der Waals surface area contributed by atoms with Crippen molar-refractivity contribution < 1.29 is 10.0 Å². The average molecular weight is 256 g/mol. The lowest BCUT2D eigenvalue weighted by atomic mass is 10.0. The van der Waals surface area contributed by atoms with Crippen molar-refractivity contribution in [3.63, 3.8) is 0 Å². The number of hydrogen-bond acceptors (Lipinski definition) is 4. The van der Waals surface area contributed by atoms with Crippen LogP contribution in [0.15, 0.2) is 5.16 Å². The quantitative estimate of drug-likeness (QED) is 0.277. The van der Waals surface area contributed by atoms with Crippen molar-refractivity contribution >= 4 is 11.7 Å². The number of amidine groups is 1. The van der Waals surface area contributed by atoms with Crippen LogP contribution in [0, 0.1) is 5.92 Å². The summed E-state index contributed by atoms with van der Waals surface area (Å²) in [6.45, 7) is 6.73. The van der Waals surface area contributed by atoms with Crippen molar-refractivity contribution in [3.05, 3.63) is 0 Å². The van der Waals surface area contributed by atoms with Gasteiger partial charge in [0.05, 0.1) is 5.92 Å². The highest BCUT2D eigenvalue weighted by Gasteiger charge is 2.26. The van der Waals surface area contributed by atoms with Gasteiger partial charge in [-0.1, -0.05) is 19.0 Å². The van der Waals surface area contributed by atoms with Crippen LogP contribution < -0.4 is 11.1 Å². The topological polar surface area (TPSA) is 91.0 Å². The minimum Gasteiger partial charge on any atom is -0.409 e. The molecule has 1 saturated heterocycles. The number of nitrogens with zero attached hydrogens (tertiary/aromatic N) is 2. The number of rotatable bonds is 6. The Morgan fingerprint density at radius 2 is 2.33 bits per heavy atom. The largest absolute Gasteiger partial charge is 0.409 e. The molecule has 104 valence electrons. The molecule has 1 amide bonds. The number of hydrogen-bond donors (Lipinski definition) is 3. The maximum absolute atomic E-state index is 11.9. The third-order valence-electron chi connectivity index (χ3n) is 3.61. The van der Waals surface area contributed by atoms with E-state index in [0.29, 0.717) is 19.0 Å². The lowest BCUT2D eigenvalue weighted by Crippen LogP contribution is -2.44. The fourth-order valence-corrected chi connectivity index (χ4v) is 2.48. The van der Waals surface area contributed by atoms with Gasteiger partial charge in [-0.25, -0.2) is 0 Å². The molecule has 18 heavy (non-hydrogen) atoms. The maximum atomic E-state index is 11.9. The predicted molar refractivity (Wildman–Crippen MR) is 70.5 cm³/mol. The molecule has 1 heterocycles. The Balaban J connectivity index is 2.44. The van der Waals surface area contributed by atoms with Gasteiger partial charge in [0.15, 0.2) is 5.84 Å².